The highest BCUT2D eigenvalue weighted by molar-refractivity contribution is 5.87. The molecule has 4 heteroatoms. The molecule has 1 heterocycles. The highest BCUT2D eigenvalue weighted by Crippen LogP contribution is 2.00. The van der Waals surface area contributed by atoms with Crippen LogP contribution < -0.4 is 5.43 Å². The van der Waals surface area contributed by atoms with Gasteiger partial charge in [0, 0.05) is 24.5 Å². The van der Waals surface area contributed by atoms with Gasteiger partial charge in [-0.2, -0.15) is 0 Å². The fraction of sp³-hybridized carbons (Fsp3) is 0.273. The van der Waals surface area contributed by atoms with Crippen LogP contribution in [-0.2, 0) is 6.54 Å². The van der Waals surface area contributed by atoms with Crippen molar-refractivity contribution in [3.8, 4) is 0 Å². The summed E-state index contributed by atoms with van der Waals surface area (Å²) in [6.45, 7) is 4.23. The number of pyridine rings is 1. The summed E-state index contributed by atoms with van der Waals surface area (Å²) < 4.78 is 1.73. The van der Waals surface area contributed by atoms with Crippen LogP contribution >= 0.6 is 0 Å². The Hall–Kier alpha value is -1.84. The number of allylic oxidation sites excluding steroid dienone is 2. The zero-order valence-corrected chi connectivity index (χ0v) is 8.73. The van der Waals surface area contributed by atoms with Gasteiger partial charge in [-0.3, -0.25) is 4.79 Å². The number of rotatable bonds is 3. The highest BCUT2D eigenvalue weighted by atomic mass is 16.4. The lowest BCUT2D eigenvalue weighted by Gasteiger charge is -2.08. The molecule has 0 saturated heterocycles. The number of aryl methyl sites for hydroxylation is 1. The predicted molar refractivity (Wildman–Crippen MR) is 57.2 cm³/mol. The fourth-order valence-corrected chi connectivity index (χ4v) is 1.25. The lowest BCUT2D eigenvalue weighted by molar-refractivity contribution is 0.0694. The van der Waals surface area contributed by atoms with Crippen molar-refractivity contribution in [3.63, 3.8) is 0 Å². The van der Waals surface area contributed by atoms with E-state index in [0.29, 0.717) is 6.54 Å². The molecule has 0 saturated carbocycles. The van der Waals surface area contributed by atoms with Crippen molar-refractivity contribution in [2.75, 3.05) is 0 Å². The number of hydrogen-bond acceptors (Lipinski definition) is 2. The first-order valence-electron chi connectivity index (χ1n) is 4.61. The molecule has 1 rings (SSSR count). The summed E-state index contributed by atoms with van der Waals surface area (Å²) in [6, 6.07) is 1.34. The van der Waals surface area contributed by atoms with Gasteiger partial charge >= 0.3 is 5.97 Å². The van der Waals surface area contributed by atoms with E-state index < -0.39 is 11.4 Å². The Morgan fingerprint density at radius 3 is 2.80 bits per heavy atom. The van der Waals surface area contributed by atoms with E-state index in [0.717, 1.165) is 5.69 Å². The largest absolute Gasteiger partial charge is 0.477 e. The molecular weight excluding hydrogens is 194 g/mol. The van der Waals surface area contributed by atoms with Crippen LogP contribution in [0.4, 0.5) is 0 Å². The topological polar surface area (TPSA) is 59.3 Å². The SMILES string of the molecule is C/C=C/Cn1cc(C(=O)O)c(=O)cc1C. The first-order valence-corrected chi connectivity index (χ1v) is 4.61. The predicted octanol–water partition coefficient (Wildman–Crippen LogP) is 1.43. The van der Waals surface area contributed by atoms with Gasteiger partial charge in [0.2, 0.25) is 0 Å². The molecule has 0 aliphatic heterocycles. The Morgan fingerprint density at radius 1 is 1.60 bits per heavy atom. The number of carbonyl (C=O) groups is 1. The van der Waals surface area contributed by atoms with Gasteiger partial charge in [-0.1, -0.05) is 12.2 Å². The van der Waals surface area contributed by atoms with Crippen molar-refractivity contribution in [1.82, 2.24) is 4.57 Å². The Morgan fingerprint density at radius 2 is 2.27 bits per heavy atom. The van der Waals surface area contributed by atoms with Crippen LogP contribution in [-0.4, -0.2) is 15.6 Å². The summed E-state index contributed by atoms with van der Waals surface area (Å²) in [5.41, 5.74) is 0.116. The molecule has 4 nitrogen and oxygen atoms in total. The summed E-state index contributed by atoms with van der Waals surface area (Å²) in [6.07, 6.45) is 5.14. The summed E-state index contributed by atoms with van der Waals surface area (Å²) in [4.78, 5) is 22.0. The number of aromatic carboxylic acids is 1. The van der Waals surface area contributed by atoms with E-state index in [1.165, 1.54) is 12.3 Å². The van der Waals surface area contributed by atoms with Gasteiger partial charge in [-0.15, -0.1) is 0 Å². The average molecular weight is 207 g/mol. The summed E-state index contributed by atoms with van der Waals surface area (Å²) in [5.74, 6) is -1.19. The van der Waals surface area contributed by atoms with Crippen molar-refractivity contribution in [2.45, 2.75) is 20.4 Å². The number of aromatic nitrogens is 1. The van der Waals surface area contributed by atoms with E-state index in [9.17, 15) is 9.59 Å². The van der Waals surface area contributed by atoms with Crippen LogP contribution in [0.25, 0.3) is 0 Å². The molecule has 0 aliphatic rings. The second-order valence-electron chi connectivity index (χ2n) is 3.22. The molecule has 15 heavy (non-hydrogen) atoms. The number of carboxylic acids is 1. The molecule has 1 N–H and O–H groups in total. The van der Waals surface area contributed by atoms with Crippen molar-refractivity contribution >= 4 is 5.97 Å². The van der Waals surface area contributed by atoms with E-state index in [1.54, 1.807) is 11.5 Å². The third kappa shape index (κ3) is 2.56. The number of hydrogen-bond donors (Lipinski definition) is 1. The maximum atomic E-state index is 11.3. The van der Waals surface area contributed by atoms with Crippen LogP contribution in [0.2, 0.25) is 0 Å². The molecule has 0 fully saturated rings. The maximum absolute atomic E-state index is 11.3. The average Bonchev–Trinajstić information content (AvgIpc) is 2.16. The molecule has 0 spiro atoms. The minimum atomic E-state index is -1.19. The second kappa shape index (κ2) is 4.59. The maximum Gasteiger partial charge on any atom is 0.341 e. The van der Waals surface area contributed by atoms with Crippen molar-refractivity contribution in [2.24, 2.45) is 0 Å². The van der Waals surface area contributed by atoms with E-state index in [2.05, 4.69) is 0 Å². The van der Waals surface area contributed by atoms with Crippen LogP contribution in [0.5, 0.6) is 0 Å². The molecule has 0 amide bonds. The third-order valence-corrected chi connectivity index (χ3v) is 2.11. The number of carboxylic acid groups (broad SMARTS) is 1. The molecule has 80 valence electrons. The van der Waals surface area contributed by atoms with E-state index in [4.69, 9.17) is 5.11 Å². The second-order valence-corrected chi connectivity index (χ2v) is 3.22. The van der Waals surface area contributed by atoms with Gasteiger partial charge in [0.25, 0.3) is 0 Å². The van der Waals surface area contributed by atoms with Crippen molar-refractivity contribution < 1.29 is 9.90 Å². The fourth-order valence-electron chi connectivity index (χ4n) is 1.25. The number of nitrogens with zero attached hydrogens (tertiary/aromatic N) is 1. The molecule has 0 unspecified atom stereocenters. The summed E-state index contributed by atoms with van der Waals surface area (Å²) in [5, 5.41) is 8.78. The van der Waals surface area contributed by atoms with Crippen molar-refractivity contribution in [3.05, 3.63) is 45.9 Å². The Labute approximate surface area is 87.5 Å². The zero-order valence-electron chi connectivity index (χ0n) is 8.73. The molecular formula is C11H13NO3. The minimum absolute atomic E-state index is 0.190. The molecule has 0 bridgehead atoms. The molecule has 0 radical (unpaired) electrons. The van der Waals surface area contributed by atoms with Gasteiger partial charge in [0.15, 0.2) is 5.43 Å². The van der Waals surface area contributed by atoms with Gasteiger partial charge in [0.1, 0.15) is 5.56 Å². The quantitative estimate of drug-likeness (QED) is 0.763. The van der Waals surface area contributed by atoms with Gasteiger partial charge in [-0.25, -0.2) is 4.79 Å². The first-order chi connectivity index (χ1) is 7.06. The Kier molecular flexibility index (Phi) is 3.44. The van der Waals surface area contributed by atoms with Crippen molar-refractivity contribution in [1.29, 1.82) is 0 Å². The lowest BCUT2D eigenvalue weighted by Crippen LogP contribution is -2.18. The molecule has 0 atom stereocenters. The molecule has 1 aromatic rings. The standard InChI is InChI=1S/C11H13NO3/c1-3-4-5-12-7-9(11(14)15)10(13)6-8(12)2/h3-4,6-7H,5H2,1-2H3,(H,14,15)/b4-3+. The van der Waals surface area contributed by atoms with Gasteiger partial charge in [0.05, 0.1) is 0 Å². The molecule has 0 aromatic carbocycles. The summed E-state index contributed by atoms with van der Waals surface area (Å²) >= 11 is 0. The zero-order chi connectivity index (χ0) is 11.4. The van der Waals surface area contributed by atoms with E-state index >= 15 is 0 Å². The minimum Gasteiger partial charge on any atom is -0.477 e. The van der Waals surface area contributed by atoms with Crippen LogP contribution in [0, 0.1) is 6.92 Å². The smallest absolute Gasteiger partial charge is 0.341 e. The van der Waals surface area contributed by atoms with E-state index in [-0.39, 0.29) is 5.56 Å². The molecule has 1 aromatic heterocycles. The van der Waals surface area contributed by atoms with Gasteiger partial charge in [-0.05, 0) is 13.8 Å². The summed E-state index contributed by atoms with van der Waals surface area (Å²) in [7, 11) is 0. The van der Waals surface area contributed by atoms with Crippen LogP contribution in [0.3, 0.4) is 0 Å². The normalized spacial score (nSPS) is 10.8. The van der Waals surface area contributed by atoms with Crippen LogP contribution in [0.1, 0.15) is 23.0 Å². The Bertz CT molecular complexity index is 457. The van der Waals surface area contributed by atoms with Gasteiger partial charge < -0.3 is 9.67 Å². The van der Waals surface area contributed by atoms with E-state index in [1.807, 2.05) is 19.1 Å². The first kappa shape index (κ1) is 11.2. The molecule has 0 aliphatic carbocycles. The lowest BCUT2D eigenvalue weighted by atomic mass is 10.2. The highest BCUT2D eigenvalue weighted by Gasteiger charge is 2.09. The Balaban J connectivity index is 3.23. The van der Waals surface area contributed by atoms with Crippen LogP contribution in [0.15, 0.2) is 29.2 Å². The third-order valence-electron chi connectivity index (χ3n) is 2.11. The monoisotopic (exact) mass is 207 g/mol.